The number of aryl methyl sites for hydroxylation is 2. The number of ether oxygens (including phenoxy) is 1. The number of rotatable bonds is 4. The topological polar surface area (TPSA) is 87.5 Å². The van der Waals surface area contributed by atoms with Gasteiger partial charge in [0, 0.05) is 45.3 Å². The number of nitrogens with zero attached hydrogens (tertiary/aromatic N) is 5. The van der Waals surface area contributed by atoms with Crippen LogP contribution in [-0.4, -0.2) is 66.2 Å². The van der Waals surface area contributed by atoms with Gasteiger partial charge in [0.2, 0.25) is 0 Å². The average Bonchev–Trinajstić information content (AvgIpc) is 3.07. The monoisotopic (exact) mass is 399 g/mol. The molecule has 1 atom stereocenters. The summed E-state index contributed by atoms with van der Waals surface area (Å²) in [5, 5.41) is 10.4. The second-order valence-corrected chi connectivity index (χ2v) is 7.65. The van der Waals surface area contributed by atoms with Crippen LogP contribution in [-0.2, 0) is 11.8 Å². The lowest BCUT2D eigenvalue weighted by Crippen LogP contribution is -2.49. The normalized spacial score (nSPS) is 19.9. The summed E-state index contributed by atoms with van der Waals surface area (Å²) in [4.78, 5) is 21.4. The summed E-state index contributed by atoms with van der Waals surface area (Å²) < 4.78 is 7.28. The number of aromatic nitrogens is 3. The number of hydrogen-bond acceptors (Lipinski definition) is 6. The van der Waals surface area contributed by atoms with Crippen molar-refractivity contribution in [2.75, 3.05) is 54.5 Å². The molecule has 156 valence electrons. The molecule has 2 N–H and O–H groups in total. The summed E-state index contributed by atoms with van der Waals surface area (Å²) in [6.45, 7) is 6.94. The van der Waals surface area contributed by atoms with Crippen molar-refractivity contribution in [1.29, 1.82) is 0 Å². The number of urea groups is 1. The predicted octanol–water partition coefficient (Wildman–Crippen LogP) is 1.75. The van der Waals surface area contributed by atoms with Gasteiger partial charge in [-0.2, -0.15) is 5.10 Å². The van der Waals surface area contributed by atoms with Crippen LogP contribution in [0, 0.1) is 6.92 Å². The maximum Gasteiger partial charge on any atom is 0.320 e. The van der Waals surface area contributed by atoms with E-state index in [1.807, 2.05) is 30.8 Å². The first-order chi connectivity index (χ1) is 14.1. The Balaban J connectivity index is 1.30. The van der Waals surface area contributed by atoms with Gasteiger partial charge in [-0.25, -0.2) is 9.78 Å². The quantitative estimate of drug-likeness (QED) is 0.815. The van der Waals surface area contributed by atoms with Gasteiger partial charge in [0.15, 0.2) is 0 Å². The van der Waals surface area contributed by atoms with E-state index >= 15 is 0 Å². The first kappa shape index (κ1) is 19.5. The SMILES string of the molecule is Cc1cc(N2CCCC(NC(=O)Nc3ccc(N4CCOCC4)cn3)C2)n(C)n1. The van der Waals surface area contributed by atoms with Gasteiger partial charge >= 0.3 is 6.03 Å². The number of anilines is 3. The number of nitrogens with one attached hydrogen (secondary N) is 2. The number of morpholine rings is 1. The van der Waals surface area contributed by atoms with E-state index < -0.39 is 0 Å². The smallest absolute Gasteiger partial charge is 0.320 e. The van der Waals surface area contributed by atoms with Crippen LogP contribution in [0.15, 0.2) is 24.4 Å². The summed E-state index contributed by atoms with van der Waals surface area (Å²) >= 11 is 0. The number of amides is 2. The molecule has 0 spiro atoms. The average molecular weight is 399 g/mol. The number of carbonyl (C=O) groups is 1. The van der Waals surface area contributed by atoms with Gasteiger partial charge in [0.1, 0.15) is 11.6 Å². The highest BCUT2D eigenvalue weighted by Gasteiger charge is 2.23. The van der Waals surface area contributed by atoms with Crippen LogP contribution >= 0.6 is 0 Å². The maximum absolute atomic E-state index is 12.5. The third kappa shape index (κ3) is 4.79. The van der Waals surface area contributed by atoms with E-state index in [0.717, 1.165) is 69.4 Å². The van der Waals surface area contributed by atoms with E-state index in [2.05, 4.69) is 36.6 Å². The number of pyridine rings is 1. The lowest BCUT2D eigenvalue weighted by Gasteiger charge is -2.34. The molecular weight excluding hydrogens is 370 g/mol. The van der Waals surface area contributed by atoms with Crippen molar-refractivity contribution in [3.05, 3.63) is 30.1 Å². The Hall–Kier alpha value is -2.81. The molecule has 2 aliphatic rings. The van der Waals surface area contributed by atoms with Crippen molar-refractivity contribution in [2.45, 2.75) is 25.8 Å². The molecule has 0 aliphatic carbocycles. The fraction of sp³-hybridized carbons (Fsp3) is 0.550. The molecule has 2 aliphatic heterocycles. The highest BCUT2D eigenvalue weighted by atomic mass is 16.5. The van der Waals surface area contributed by atoms with Crippen molar-refractivity contribution in [3.63, 3.8) is 0 Å². The van der Waals surface area contributed by atoms with Crippen molar-refractivity contribution in [1.82, 2.24) is 20.1 Å². The minimum Gasteiger partial charge on any atom is -0.378 e. The van der Waals surface area contributed by atoms with Gasteiger partial charge in [-0.3, -0.25) is 10.00 Å². The fourth-order valence-electron chi connectivity index (χ4n) is 4.00. The van der Waals surface area contributed by atoms with Gasteiger partial charge in [0.25, 0.3) is 0 Å². The van der Waals surface area contributed by atoms with Gasteiger partial charge in [0.05, 0.1) is 30.8 Å². The fourth-order valence-corrected chi connectivity index (χ4v) is 4.00. The Bertz CT molecular complexity index is 830. The Kier molecular flexibility index (Phi) is 5.84. The molecule has 1 unspecified atom stereocenters. The van der Waals surface area contributed by atoms with E-state index in [9.17, 15) is 4.79 Å². The number of piperidine rings is 1. The van der Waals surface area contributed by atoms with Gasteiger partial charge < -0.3 is 19.9 Å². The summed E-state index contributed by atoms with van der Waals surface area (Å²) in [5.74, 6) is 1.64. The largest absolute Gasteiger partial charge is 0.378 e. The lowest BCUT2D eigenvalue weighted by molar-refractivity contribution is 0.122. The minimum absolute atomic E-state index is 0.0894. The Morgan fingerprint density at radius 2 is 2.03 bits per heavy atom. The van der Waals surface area contributed by atoms with Gasteiger partial charge in [-0.15, -0.1) is 0 Å². The minimum atomic E-state index is -0.218. The van der Waals surface area contributed by atoms with Crippen molar-refractivity contribution < 1.29 is 9.53 Å². The molecule has 4 heterocycles. The zero-order valence-electron chi connectivity index (χ0n) is 17.1. The molecule has 9 heteroatoms. The summed E-state index contributed by atoms with van der Waals surface area (Å²) in [5.41, 5.74) is 2.05. The van der Waals surface area contributed by atoms with Crippen molar-refractivity contribution in [2.24, 2.45) is 7.05 Å². The van der Waals surface area contributed by atoms with Crippen LogP contribution in [0.25, 0.3) is 0 Å². The van der Waals surface area contributed by atoms with E-state index in [0.29, 0.717) is 5.82 Å². The van der Waals surface area contributed by atoms with Gasteiger partial charge in [-0.05, 0) is 31.9 Å². The molecule has 0 bridgehead atoms. The summed E-state index contributed by atoms with van der Waals surface area (Å²) in [6.07, 6.45) is 3.79. The molecule has 2 aromatic heterocycles. The van der Waals surface area contributed by atoms with Crippen molar-refractivity contribution >= 4 is 23.4 Å². The third-order valence-corrected chi connectivity index (χ3v) is 5.42. The molecule has 0 radical (unpaired) electrons. The standard InChI is InChI=1S/C20H29N7O2/c1-15-12-19(25(2)24-15)27-7-3-4-16(14-27)22-20(28)23-18-6-5-17(13-21-18)26-8-10-29-11-9-26/h5-6,12-13,16H,3-4,7-11,14H2,1-2H3,(H2,21,22,23,28). The second kappa shape index (κ2) is 8.69. The Labute approximate surface area is 171 Å². The number of carbonyl (C=O) groups excluding carboxylic acids is 1. The summed E-state index contributed by atoms with van der Waals surface area (Å²) in [6, 6.07) is 5.79. The molecule has 2 fully saturated rings. The zero-order valence-corrected chi connectivity index (χ0v) is 17.1. The van der Waals surface area contributed by atoms with E-state index in [4.69, 9.17) is 4.74 Å². The van der Waals surface area contributed by atoms with Crippen LogP contribution in [0.4, 0.5) is 22.1 Å². The van der Waals surface area contributed by atoms with Crippen LogP contribution in [0.3, 0.4) is 0 Å². The molecule has 9 nitrogen and oxygen atoms in total. The summed E-state index contributed by atoms with van der Waals surface area (Å²) in [7, 11) is 1.96. The van der Waals surface area contributed by atoms with Gasteiger partial charge in [-0.1, -0.05) is 0 Å². The molecule has 29 heavy (non-hydrogen) atoms. The molecule has 0 saturated carbocycles. The first-order valence-corrected chi connectivity index (χ1v) is 10.2. The van der Waals surface area contributed by atoms with E-state index in [1.54, 1.807) is 6.20 Å². The molecule has 2 amide bonds. The molecule has 4 rings (SSSR count). The van der Waals surface area contributed by atoms with Crippen molar-refractivity contribution in [3.8, 4) is 0 Å². The predicted molar refractivity (Wildman–Crippen MR) is 113 cm³/mol. The lowest BCUT2D eigenvalue weighted by atomic mass is 10.1. The van der Waals surface area contributed by atoms with Crippen LogP contribution in [0.2, 0.25) is 0 Å². The van der Waals surface area contributed by atoms with E-state index in [1.165, 1.54) is 0 Å². The van der Waals surface area contributed by atoms with E-state index in [-0.39, 0.29) is 12.1 Å². The molecule has 2 saturated heterocycles. The molecular formula is C20H29N7O2. The van der Waals surface area contributed by atoms with Crippen LogP contribution in [0.5, 0.6) is 0 Å². The maximum atomic E-state index is 12.5. The second-order valence-electron chi connectivity index (χ2n) is 7.65. The van der Waals surface area contributed by atoms with Crippen LogP contribution < -0.4 is 20.4 Å². The molecule has 2 aromatic rings. The highest BCUT2D eigenvalue weighted by molar-refractivity contribution is 5.88. The Morgan fingerprint density at radius 1 is 1.21 bits per heavy atom. The van der Waals surface area contributed by atoms with Crippen LogP contribution in [0.1, 0.15) is 18.5 Å². The number of hydrogen-bond donors (Lipinski definition) is 2. The third-order valence-electron chi connectivity index (χ3n) is 5.42. The first-order valence-electron chi connectivity index (χ1n) is 10.2. The highest BCUT2D eigenvalue weighted by Crippen LogP contribution is 2.21. The zero-order chi connectivity index (χ0) is 20.2. The Morgan fingerprint density at radius 3 is 2.72 bits per heavy atom. The molecule has 0 aromatic carbocycles.